The maximum absolute atomic E-state index is 13.5. The summed E-state index contributed by atoms with van der Waals surface area (Å²) >= 11 is 0. The highest BCUT2D eigenvalue weighted by molar-refractivity contribution is 5.88. The molecule has 0 aliphatic rings. The second kappa shape index (κ2) is 4.52. The fraction of sp³-hybridized carbons (Fsp3) is 0.0909. The molecule has 1 N–H and O–H groups in total. The lowest BCUT2D eigenvalue weighted by Gasteiger charge is -2.07. The summed E-state index contributed by atoms with van der Waals surface area (Å²) in [5.74, 6) is -3.72. The third-order valence-electron chi connectivity index (χ3n) is 2.39. The molecule has 18 heavy (non-hydrogen) atoms. The zero-order chi connectivity index (χ0) is 13.3. The van der Waals surface area contributed by atoms with Gasteiger partial charge in [0, 0.05) is 0 Å². The minimum absolute atomic E-state index is 0.338. The van der Waals surface area contributed by atoms with Crippen LogP contribution in [0.4, 0.5) is 13.2 Å². The Kier molecular flexibility index (Phi) is 3.05. The van der Waals surface area contributed by atoms with E-state index in [1.54, 1.807) is 0 Å². The molecule has 0 saturated carbocycles. The van der Waals surface area contributed by atoms with Gasteiger partial charge in [-0.2, -0.15) is 5.10 Å². The van der Waals surface area contributed by atoms with Crippen LogP contribution in [0.1, 0.15) is 16.1 Å². The van der Waals surface area contributed by atoms with E-state index in [0.29, 0.717) is 0 Å². The number of hydrogen-bond acceptors (Lipinski definition) is 2. The van der Waals surface area contributed by atoms with Crippen LogP contribution in [0.2, 0.25) is 0 Å². The lowest BCUT2D eigenvalue weighted by Crippen LogP contribution is -2.07. The maximum atomic E-state index is 13.5. The third-order valence-corrected chi connectivity index (χ3v) is 2.39. The second-order valence-corrected chi connectivity index (χ2v) is 3.43. The van der Waals surface area contributed by atoms with E-state index in [4.69, 9.17) is 5.11 Å². The summed E-state index contributed by atoms with van der Waals surface area (Å²) in [7, 11) is 0. The number of carboxylic acids is 1. The van der Waals surface area contributed by atoms with E-state index in [1.165, 1.54) is 12.1 Å². The number of benzene rings is 1. The topological polar surface area (TPSA) is 55.1 Å². The smallest absolute Gasteiger partial charge is 0.339 e. The molecule has 0 atom stereocenters. The summed E-state index contributed by atoms with van der Waals surface area (Å²) in [6.45, 7) is -1.16. The van der Waals surface area contributed by atoms with Gasteiger partial charge in [0.15, 0.2) is 11.6 Å². The molecule has 1 aromatic heterocycles. The van der Waals surface area contributed by atoms with Crippen molar-refractivity contribution < 1.29 is 23.1 Å². The first-order valence-corrected chi connectivity index (χ1v) is 4.86. The average molecular weight is 256 g/mol. The number of halogens is 3. The molecule has 2 rings (SSSR count). The van der Waals surface area contributed by atoms with Crippen molar-refractivity contribution in [2.45, 2.75) is 6.67 Å². The molecule has 0 spiro atoms. The van der Waals surface area contributed by atoms with Crippen LogP contribution in [-0.4, -0.2) is 20.9 Å². The molecule has 1 aromatic carbocycles. The van der Waals surface area contributed by atoms with E-state index in [9.17, 15) is 18.0 Å². The molecule has 4 nitrogen and oxygen atoms in total. The molecule has 94 valence electrons. The van der Waals surface area contributed by atoms with Crippen molar-refractivity contribution in [1.82, 2.24) is 9.78 Å². The van der Waals surface area contributed by atoms with E-state index in [2.05, 4.69) is 5.10 Å². The number of carboxylic acid groups (broad SMARTS) is 1. The Morgan fingerprint density at radius 1 is 1.39 bits per heavy atom. The number of alkyl halides is 1. The summed E-state index contributed by atoms with van der Waals surface area (Å²) in [6, 6.07) is 3.30. The largest absolute Gasteiger partial charge is 0.478 e. The molecular formula is C11H7F3N2O2. The number of aromatic carboxylic acids is 1. The quantitative estimate of drug-likeness (QED) is 0.916. The van der Waals surface area contributed by atoms with Gasteiger partial charge in [0.1, 0.15) is 17.9 Å². The average Bonchev–Trinajstić information content (AvgIpc) is 2.76. The van der Waals surface area contributed by atoms with Crippen molar-refractivity contribution in [2.24, 2.45) is 0 Å². The standard InChI is InChI=1S/C11H7F3N2O2/c12-4-9-6(11(17)18)5-15-16(9)8-3-1-2-7(13)10(8)14/h1-3,5H,4H2,(H,17,18). The van der Waals surface area contributed by atoms with Crippen LogP contribution in [-0.2, 0) is 6.67 Å². The van der Waals surface area contributed by atoms with Crippen molar-refractivity contribution in [1.29, 1.82) is 0 Å². The van der Waals surface area contributed by atoms with E-state index < -0.39 is 24.3 Å². The van der Waals surface area contributed by atoms with Crippen molar-refractivity contribution in [3.05, 3.63) is 47.3 Å². The first-order valence-electron chi connectivity index (χ1n) is 4.86. The predicted molar refractivity (Wildman–Crippen MR) is 55.3 cm³/mol. The Morgan fingerprint density at radius 3 is 2.72 bits per heavy atom. The summed E-state index contributed by atoms with van der Waals surface area (Å²) in [5.41, 5.74) is -1.07. The molecular weight excluding hydrogens is 249 g/mol. The Bertz CT molecular complexity index is 610. The predicted octanol–water partition coefficient (Wildman–Crippen LogP) is 2.32. The second-order valence-electron chi connectivity index (χ2n) is 3.43. The summed E-state index contributed by atoms with van der Waals surface area (Å²) in [4.78, 5) is 10.8. The Hall–Kier alpha value is -2.31. The van der Waals surface area contributed by atoms with Crippen LogP contribution < -0.4 is 0 Å². The Morgan fingerprint density at radius 2 is 2.11 bits per heavy atom. The van der Waals surface area contributed by atoms with Crippen molar-refractivity contribution in [3.8, 4) is 5.69 Å². The highest BCUT2D eigenvalue weighted by Gasteiger charge is 2.20. The lowest BCUT2D eigenvalue weighted by atomic mass is 10.2. The fourth-order valence-electron chi connectivity index (χ4n) is 1.54. The fourth-order valence-corrected chi connectivity index (χ4v) is 1.54. The monoisotopic (exact) mass is 256 g/mol. The zero-order valence-electron chi connectivity index (χ0n) is 8.90. The van der Waals surface area contributed by atoms with Crippen molar-refractivity contribution in [3.63, 3.8) is 0 Å². The van der Waals surface area contributed by atoms with Crippen LogP contribution in [0.3, 0.4) is 0 Å². The zero-order valence-corrected chi connectivity index (χ0v) is 8.90. The van der Waals surface area contributed by atoms with E-state index in [1.807, 2.05) is 0 Å². The number of hydrogen-bond donors (Lipinski definition) is 1. The van der Waals surface area contributed by atoms with Crippen LogP contribution in [0, 0.1) is 11.6 Å². The highest BCUT2D eigenvalue weighted by Crippen LogP contribution is 2.20. The molecule has 0 unspecified atom stereocenters. The van der Waals surface area contributed by atoms with Gasteiger partial charge in [0.25, 0.3) is 0 Å². The van der Waals surface area contributed by atoms with Gasteiger partial charge in [-0.1, -0.05) is 6.07 Å². The first kappa shape index (κ1) is 12.2. The minimum Gasteiger partial charge on any atom is -0.478 e. The summed E-state index contributed by atoms with van der Waals surface area (Å²) in [6.07, 6.45) is 0.890. The van der Waals surface area contributed by atoms with Crippen LogP contribution in [0.15, 0.2) is 24.4 Å². The normalized spacial score (nSPS) is 10.6. The van der Waals surface area contributed by atoms with Crippen LogP contribution in [0.5, 0.6) is 0 Å². The van der Waals surface area contributed by atoms with Gasteiger partial charge in [-0.15, -0.1) is 0 Å². The van der Waals surface area contributed by atoms with E-state index in [0.717, 1.165) is 16.9 Å². The molecule has 7 heteroatoms. The van der Waals surface area contributed by atoms with Crippen molar-refractivity contribution >= 4 is 5.97 Å². The van der Waals surface area contributed by atoms with Gasteiger partial charge in [-0.3, -0.25) is 0 Å². The Balaban J connectivity index is 2.65. The molecule has 0 saturated heterocycles. The van der Waals surface area contributed by atoms with Gasteiger partial charge < -0.3 is 5.11 Å². The molecule has 0 aliphatic heterocycles. The molecule has 0 radical (unpaired) electrons. The lowest BCUT2D eigenvalue weighted by molar-refractivity contribution is 0.0694. The minimum atomic E-state index is -1.38. The maximum Gasteiger partial charge on any atom is 0.339 e. The number of aromatic nitrogens is 2. The first-order chi connectivity index (χ1) is 8.56. The molecule has 2 aromatic rings. The summed E-state index contributed by atoms with van der Waals surface area (Å²) < 4.78 is 40.1. The Labute approximate surface area is 99.3 Å². The SMILES string of the molecule is O=C(O)c1cnn(-c2cccc(F)c2F)c1CF. The van der Waals surface area contributed by atoms with Crippen LogP contribution in [0.25, 0.3) is 5.69 Å². The molecule has 0 amide bonds. The van der Waals surface area contributed by atoms with Gasteiger partial charge in [-0.05, 0) is 12.1 Å². The van der Waals surface area contributed by atoms with Crippen molar-refractivity contribution in [2.75, 3.05) is 0 Å². The number of carbonyl (C=O) groups is 1. The van der Waals surface area contributed by atoms with Gasteiger partial charge in [0.2, 0.25) is 0 Å². The molecule has 0 fully saturated rings. The number of nitrogens with zero attached hydrogens (tertiary/aromatic N) is 2. The third kappa shape index (κ3) is 1.83. The van der Waals surface area contributed by atoms with Gasteiger partial charge in [0.05, 0.1) is 11.9 Å². The van der Waals surface area contributed by atoms with Crippen LogP contribution >= 0.6 is 0 Å². The van der Waals surface area contributed by atoms with Gasteiger partial charge >= 0.3 is 5.97 Å². The molecule has 0 aliphatic carbocycles. The summed E-state index contributed by atoms with van der Waals surface area (Å²) in [5, 5.41) is 12.4. The molecule has 1 heterocycles. The molecule has 0 bridgehead atoms. The van der Waals surface area contributed by atoms with Gasteiger partial charge in [-0.25, -0.2) is 22.6 Å². The van der Waals surface area contributed by atoms with E-state index in [-0.39, 0.29) is 16.9 Å². The number of rotatable bonds is 3. The van der Waals surface area contributed by atoms with E-state index >= 15 is 0 Å². The highest BCUT2D eigenvalue weighted by atomic mass is 19.2.